The van der Waals surface area contributed by atoms with Gasteiger partial charge in [-0.05, 0) is 56.4 Å². The van der Waals surface area contributed by atoms with Crippen molar-refractivity contribution in [3.05, 3.63) is 5.82 Å². The normalized spacial score (nSPS) is 30.2. The number of aromatic nitrogens is 4. The Morgan fingerprint density at radius 3 is 2.93 bits per heavy atom. The molecule has 2 aliphatic rings. The number of fused-ring (bicyclic) bond motifs is 1. The van der Waals surface area contributed by atoms with E-state index in [1.807, 2.05) is 0 Å². The second-order valence-electron chi connectivity index (χ2n) is 8.06. The van der Waals surface area contributed by atoms with Gasteiger partial charge in [-0.25, -0.2) is 0 Å². The first-order chi connectivity index (χ1) is 13.9. The third kappa shape index (κ3) is 5.73. The highest BCUT2D eigenvalue weighted by atomic mass is 16.5. The van der Waals surface area contributed by atoms with Gasteiger partial charge in [-0.2, -0.15) is 5.21 Å². The number of nitrogens with one attached hydrogen (secondary N) is 2. The Morgan fingerprint density at radius 2 is 2.18 bits per heavy atom. The van der Waals surface area contributed by atoms with Crippen LogP contribution in [0.5, 0.6) is 0 Å². The summed E-state index contributed by atoms with van der Waals surface area (Å²) in [5.41, 5.74) is 0. The predicted molar refractivity (Wildman–Crippen MR) is 102 cm³/mol. The van der Waals surface area contributed by atoms with Crippen LogP contribution in [0.2, 0.25) is 0 Å². The smallest absolute Gasteiger partial charge is 0.323 e. The average molecular weight is 394 g/mol. The highest BCUT2D eigenvalue weighted by molar-refractivity contribution is 5.76. The van der Waals surface area contributed by atoms with E-state index < -0.39 is 12.0 Å². The Labute approximate surface area is 167 Å². The molecular formula is C19H32N6O3. The molecule has 0 radical (unpaired) electrons. The molecule has 0 bridgehead atoms. The minimum absolute atomic E-state index is 0.0144. The van der Waals surface area contributed by atoms with Crippen molar-refractivity contribution >= 4 is 11.9 Å². The van der Waals surface area contributed by atoms with E-state index >= 15 is 0 Å². The molecule has 1 amide bonds. The summed E-state index contributed by atoms with van der Waals surface area (Å²) in [5, 5.41) is 17.2. The van der Waals surface area contributed by atoms with Gasteiger partial charge in [-0.3, -0.25) is 9.59 Å². The average Bonchev–Trinajstić information content (AvgIpc) is 3.22. The van der Waals surface area contributed by atoms with Gasteiger partial charge in [0, 0.05) is 26.9 Å². The molecule has 2 fully saturated rings. The summed E-state index contributed by atoms with van der Waals surface area (Å²) >= 11 is 0. The number of hydrogen-bond donors (Lipinski definition) is 2. The number of nitrogens with zero attached hydrogens (tertiary/aromatic N) is 4. The lowest BCUT2D eigenvalue weighted by Gasteiger charge is -2.42. The first-order valence-corrected chi connectivity index (χ1v) is 10.2. The number of rotatable bonds is 8. The van der Waals surface area contributed by atoms with Crippen molar-refractivity contribution in [2.24, 2.45) is 17.8 Å². The summed E-state index contributed by atoms with van der Waals surface area (Å²) < 4.78 is 14.0. The highest BCUT2D eigenvalue weighted by Gasteiger charge is 2.38. The molecule has 3 rings (SSSR count). The second-order valence-corrected chi connectivity index (χ2v) is 8.06. The van der Waals surface area contributed by atoms with E-state index in [4.69, 9.17) is 6.11 Å². The van der Waals surface area contributed by atoms with Crippen LogP contribution in [0, 0.1) is 17.8 Å². The molecule has 156 valence electrons. The SMILES string of the molecule is [2H][C@@]1(C(=O)OCCCN(C)C(C)=O)C[C@H]2C[C@@H](CCc3nn[nH]n3)CC[C@H]2CN1. The molecule has 9 nitrogen and oxygen atoms in total. The number of piperidine rings is 1. The van der Waals surface area contributed by atoms with Crippen LogP contribution >= 0.6 is 0 Å². The minimum atomic E-state index is -1.37. The molecule has 1 saturated heterocycles. The zero-order valence-electron chi connectivity index (χ0n) is 17.8. The van der Waals surface area contributed by atoms with Crippen LogP contribution < -0.4 is 5.32 Å². The maximum absolute atomic E-state index is 12.6. The van der Waals surface area contributed by atoms with Crippen LogP contribution in [0.25, 0.3) is 0 Å². The number of H-pyrrole nitrogens is 1. The van der Waals surface area contributed by atoms with E-state index in [0.29, 0.717) is 43.7 Å². The summed E-state index contributed by atoms with van der Waals surface area (Å²) in [6, 6.07) is -1.37. The lowest BCUT2D eigenvalue weighted by molar-refractivity contribution is -0.148. The van der Waals surface area contributed by atoms with Crippen molar-refractivity contribution in [3.8, 4) is 0 Å². The fourth-order valence-electron chi connectivity index (χ4n) is 4.28. The first kappa shape index (κ1) is 19.3. The largest absolute Gasteiger partial charge is 0.464 e. The number of carbonyl (C=O) groups excluding carboxylic acids is 2. The molecule has 28 heavy (non-hydrogen) atoms. The van der Waals surface area contributed by atoms with Gasteiger partial charge in [0.1, 0.15) is 6.02 Å². The zero-order valence-corrected chi connectivity index (χ0v) is 16.8. The molecule has 1 aliphatic heterocycles. The number of aryl methyl sites for hydroxylation is 1. The molecule has 0 aromatic carbocycles. The quantitative estimate of drug-likeness (QED) is 0.499. The first-order valence-electron chi connectivity index (χ1n) is 10.7. The Morgan fingerprint density at radius 1 is 1.32 bits per heavy atom. The van der Waals surface area contributed by atoms with Gasteiger partial charge in [0.05, 0.1) is 7.98 Å². The van der Waals surface area contributed by atoms with Gasteiger partial charge in [0.15, 0.2) is 5.82 Å². The van der Waals surface area contributed by atoms with Gasteiger partial charge in [-0.15, -0.1) is 10.2 Å². The van der Waals surface area contributed by atoms with Gasteiger partial charge in [-0.1, -0.05) is 11.6 Å². The van der Waals surface area contributed by atoms with Crippen molar-refractivity contribution in [1.82, 2.24) is 30.8 Å². The third-order valence-electron chi connectivity index (χ3n) is 6.11. The van der Waals surface area contributed by atoms with Crippen molar-refractivity contribution in [1.29, 1.82) is 0 Å². The Kier molecular flexibility index (Phi) is 6.86. The van der Waals surface area contributed by atoms with Crippen molar-refractivity contribution in [3.63, 3.8) is 0 Å². The number of ether oxygens (including phenoxy) is 1. The lowest BCUT2D eigenvalue weighted by atomic mass is 9.69. The second kappa shape index (κ2) is 9.95. The highest BCUT2D eigenvalue weighted by Crippen LogP contribution is 2.40. The Balaban J connectivity index is 1.45. The van der Waals surface area contributed by atoms with E-state index in [2.05, 4.69) is 25.9 Å². The van der Waals surface area contributed by atoms with Crippen LogP contribution in [-0.2, 0) is 20.7 Å². The molecular weight excluding hydrogens is 360 g/mol. The fourth-order valence-corrected chi connectivity index (χ4v) is 4.28. The summed E-state index contributed by atoms with van der Waals surface area (Å²) in [4.78, 5) is 25.4. The standard InChI is InChI=1S/C19H32N6O3/c1-13(26)25(2)8-3-9-28-19(27)17-11-16-10-14(4-6-15(16)12-20-17)5-7-18-21-23-24-22-18/h14-17,20H,3-12H2,1-2H3,(H,21,22,23,24)/t14-,15+,16-,17+/m1/s1/i17D. The molecule has 1 aromatic rings. The number of amides is 1. The van der Waals surface area contributed by atoms with Crippen molar-refractivity contribution < 1.29 is 15.7 Å². The van der Waals surface area contributed by atoms with E-state index in [0.717, 1.165) is 31.5 Å². The molecule has 0 unspecified atom stereocenters. The molecule has 2 heterocycles. The maximum atomic E-state index is 12.6. The van der Waals surface area contributed by atoms with Gasteiger partial charge in [0.2, 0.25) is 5.91 Å². The van der Waals surface area contributed by atoms with E-state index in [1.54, 1.807) is 11.9 Å². The van der Waals surface area contributed by atoms with E-state index in [9.17, 15) is 9.59 Å². The van der Waals surface area contributed by atoms with Crippen LogP contribution in [0.4, 0.5) is 0 Å². The Hall–Kier alpha value is -2.03. The monoisotopic (exact) mass is 393 g/mol. The third-order valence-corrected chi connectivity index (χ3v) is 6.11. The zero-order chi connectivity index (χ0) is 20.9. The summed E-state index contributed by atoms with van der Waals surface area (Å²) in [6.45, 7) is 2.95. The summed E-state index contributed by atoms with van der Waals surface area (Å²) in [7, 11) is 1.72. The van der Waals surface area contributed by atoms with Crippen molar-refractivity contribution in [2.45, 2.75) is 57.9 Å². The van der Waals surface area contributed by atoms with Crippen LogP contribution in [0.15, 0.2) is 0 Å². The van der Waals surface area contributed by atoms with Crippen LogP contribution in [0.1, 0.15) is 52.6 Å². The molecule has 9 heteroatoms. The molecule has 1 saturated carbocycles. The summed E-state index contributed by atoms with van der Waals surface area (Å²) in [6.07, 6.45) is 6.19. The molecule has 4 atom stereocenters. The number of esters is 1. The molecule has 1 aliphatic carbocycles. The number of aromatic amines is 1. The Bertz CT molecular complexity index is 687. The number of carbonyl (C=O) groups is 2. The molecule has 1 aromatic heterocycles. The van der Waals surface area contributed by atoms with Crippen LogP contribution in [-0.4, -0.2) is 70.2 Å². The van der Waals surface area contributed by atoms with E-state index in [-0.39, 0.29) is 12.5 Å². The molecule has 2 N–H and O–H groups in total. The lowest BCUT2D eigenvalue weighted by Crippen LogP contribution is -2.50. The van der Waals surface area contributed by atoms with Crippen LogP contribution in [0.3, 0.4) is 0 Å². The maximum Gasteiger partial charge on any atom is 0.323 e. The van der Waals surface area contributed by atoms with Crippen molar-refractivity contribution in [2.75, 3.05) is 26.7 Å². The minimum Gasteiger partial charge on any atom is -0.464 e. The number of tetrazole rings is 1. The van der Waals surface area contributed by atoms with Gasteiger partial charge >= 0.3 is 5.97 Å². The fraction of sp³-hybridized carbons (Fsp3) is 0.842. The van der Waals surface area contributed by atoms with Gasteiger partial charge in [0.25, 0.3) is 0 Å². The summed E-state index contributed by atoms with van der Waals surface area (Å²) in [5.74, 6) is 1.66. The topological polar surface area (TPSA) is 113 Å². The number of hydrogen-bond acceptors (Lipinski definition) is 7. The van der Waals surface area contributed by atoms with Gasteiger partial charge < -0.3 is 15.0 Å². The molecule has 0 spiro atoms. The van der Waals surface area contributed by atoms with E-state index in [1.165, 1.54) is 13.3 Å². The predicted octanol–water partition coefficient (Wildman–Crippen LogP) is 0.938.